The van der Waals surface area contributed by atoms with Gasteiger partial charge in [-0.2, -0.15) is 0 Å². The standard InChI is InChI=1S/C25H16BrClN2O2S/c26-18-7-11-20(12-8-18)29-14-22(21-13-17-3-1-2-4-23(17)31-24(21)30)28-25(29)32-15-16-5-9-19(27)10-6-16/h1-14H,15H2. The van der Waals surface area contributed by atoms with Crippen LogP contribution in [0.3, 0.4) is 0 Å². The van der Waals surface area contributed by atoms with Crippen molar-refractivity contribution in [2.45, 2.75) is 10.9 Å². The maximum Gasteiger partial charge on any atom is 0.345 e. The Morgan fingerprint density at radius 1 is 1.00 bits per heavy atom. The van der Waals surface area contributed by atoms with Gasteiger partial charge in [-0.05, 0) is 54.1 Å². The number of imidazole rings is 1. The second-order valence-corrected chi connectivity index (χ2v) is 9.45. The fourth-order valence-electron chi connectivity index (χ4n) is 3.35. The van der Waals surface area contributed by atoms with Gasteiger partial charge in [0.1, 0.15) is 5.58 Å². The van der Waals surface area contributed by atoms with Crippen molar-refractivity contribution in [3.8, 4) is 16.9 Å². The van der Waals surface area contributed by atoms with E-state index in [9.17, 15) is 4.79 Å². The normalized spacial score (nSPS) is 11.2. The zero-order valence-electron chi connectivity index (χ0n) is 16.7. The molecule has 32 heavy (non-hydrogen) atoms. The molecule has 0 fully saturated rings. The first-order chi connectivity index (χ1) is 15.6. The van der Waals surface area contributed by atoms with Crippen molar-refractivity contribution in [2.24, 2.45) is 0 Å². The molecule has 0 amide bonds. The predicted molar refractivity (Wildman–Crippen MR) is 134 cm³/mol. The third kappa shape index (κ3) is 4.39. The summed E-state index contributed by atoms with van der Waals surface area (Å²) in [7, 11) is 0. The van der Waals surface area contributed by atoms with E-state index < -0.39 is 5.63 Å². The summed E-state index contributed by atoms with van der Waals surface area (Å²) in [6.07, 6.45) is 1.88. The number of nitrogens with zero attached hydrogens (tertiary/aromatic N) is 2. The second-order valence-electron chi connectivity index (χ2n) is 7.16. The van der Waals surface area contributed by atoms with Gasteiger partial charge >= 0.3 is 5.63 Å². The van der Waals surface area contributed by atoms with E-state index >= 15 is 0 Å². The predicted octanol–water partition coefficient (Wildman–Crippen LogP) is 7.35. The van der Waals surface area contributed by atoms with Crippen LogP contribution in [0.1, 0.15) is 5.56 Å². The average Bonchev–Trinajstić information content (AvgIpc) is 3.22. The van der Waals surface area contributed by atoms with E-state index in [1.165, 1.54) is 0 Å². The summed E-state index contributed by atoms with van der Waals surface area (Å²) < 4.78 is 8.52. The van der Waals surface area contributed by atoms with Crippen LogP contribution in [0.4, 0.5) is 0 Å². The van der Waals surface area contributed by atoms with E-state index in [4.69, 9.17) is 21.0 Å². The SMILES string of the molecule is O=c1oc2ccccc2cc1-c1cn(-c2ccc(Br)cc2)c(SCc2ccc(Cl)cc2)n1. The molecule has 0 saturated heterocycles. The third-order valence-electron chi connectivity index (χ3n) is 4.98. The summed E-state index contributed by atoms with van der Waals surface area (Å²) >= 11 is 11.1. The number of fused-ring (bicyclic) bond motifs is 1. The molecule has 3 aromatic carbocycles. The summed E-state index contributed by atoms with van der Waals surface area (Å²) in [5, 5.41) is 2.35. The Kier molecular flexibility index (Phi) is 5.91. The third-order valence-corrected chi connectivity index (χ3v) is 6.78. The molecule has 4 nitrogen and oxygen atoms in total. The number of halogens is 2. The molecule has 0 atom stereocenters. The Morgan fingerprint density at radius 3 is 2.53 bits per heavy atom. The number of hydrogen-bond donors (Lipinski definition) is 0. The molecule has 5 aromatic rings. The molecule has 0 radical (unpaired) electrons. The highest BCUT2D eigenvalue weighted by atomic mass is 79.9. The zero-order valence-corrected chi connectivity index (χ0v) is 19.8. The lowest BCUT2D eigenvalue weighted by molar-refractivity contribution is 0.563. The van der Waals surface area contributed by atoms with Crippen molar-refractivity contribution in [1.29, 1.82) is 0 Å². The van der Waals surface area contributed by atoms with Crippen molar-refractivity contribution in [2.75, 3.05) is 0 Å². The molecule has 0 bridgehead atoms. The Balaban J connectivity index is 1.57. The lowest BCUT2D eigenvalue weighted by Crippen LogP contribution is -2.02. The summed E-state index contributed by atoms with van der Waals surface area (Å²) in [5.41, 5.74) is 3.26. The smallest absolute Gasteiger partial charge is 0.345 e. The molecule has 0 aliphatic rings. The monoisotopic (exact) mass is 522 g/mol. The minimum Gasteiger partial charge on any atom is -0.422 e. The summed E-state index contributed by atoms with van der Waals surface area (Å²) in [5.74, 6) is 0.719. The lowest BCUT2D eigenvalue weighted by atomic mass is 10.1. The van der Waals surface area contributed by atoms with Gasteiger partial charge in [-0.3, -0.25) is 4.57 Å². The first-order valence-electron chi connectivity index (χ1n) is 9.83. The molecular weight excluding hydrogens is 508 g/mol. The average molecular weight is 524 g/mol. The molecule has 0 aliphatic heterocycles. The number of para-hydroxylation sites is 1. The highest BCUT2D eigenvalue weighted by molar-refractivity contribution is 9.10. The van der Waals surface area contributed by atoms with Crippen molar-refractivity contribution in [1.82, 2.24) is 9.55 Å². The van der Waals surface area contributed by atoms with Crippen LogP contribution in [-0.2, 0) is 5.75 Å². The summed E-state index contributed by atoms with van der Waals surface area (Å²) in [6.45, 7) is 0. The molecule has 0 aliphatic carbocycles. The van der Waals surface area contributed by atoms with Gasteiger partial charge in [0.15, 0.2) is 5.16 Å². The van der Waals surface area contributed by atoms with Gasteiger partial charge < -0.3 is 4.42 Å². The van der Waals surface area contributed by atoms with Crippen molar-refractivity contribution in [3.05, 3.63) is 111 Å². The maximum atomic E-state index is 12.7. The van der Waals surface area contributed by atoms with E-state index in [1.807, 2.05) is 83.6 Å². The molecule has 158 valence electrons. The Morgan fingerprint density at radius 2 is 1.75 bits per heavy atom. The zero-order chi connectivity index (χ0) is 22.1. The van der Waals surface area contributed by atoms with E-state index in [0.717, 1.165) is 32.0 Å². The van der Waals surface area contributed by atoms with Crippen LogP contribution >= 0.6 is 39.3 Å². The Labute approximate surface area is 202 Å². The Hall–Kier alpha value is -2.80. The van der Waals surface area contributed by atoms with Crippen LogP contribution in [0.2, 0.25) is 5.02 Å². The first kappa shape index (κ1) is 21.1. The second kappa shape index (κ2) is 8.98. The highest BCUT2D eigenvalue weighted by Crippen LogP contribution is 2.30. The number of hydrogen-bond acceptors (Lipinski definition) is 4. The van der Waals surface area contributed by atoms with Gasteiger partial charge in [0, 0.05) is 32.5 Å². The molecule has 7 heteroatoms. The van der Waals surface area contributed by atoms with E-state index in [1.54, 1.807) is 17.8 Å². The number of rotatable bonds is 5. The summed E-state index contributed by atoms with van der Waals surface area (Å²) in [6, 6.07) is 25.0. The maximum absolute atomic E-state index is 12.7. The fourth-order valence-corrected chi connectivity index (χ4v) is 4.69. The molecule has 0 saturated carbocycles. The van der Waals surface area contributed by atoms with Gasteiger partial charge in [-0.15, -0.1) is 0 Å². The minimum absolute atomic E-state index is 0.404. The minimum atomic E-state index is -0.404. The Bertz CT molecular complexity index is 1460. The summed E-state index contributed by atoms with van der Waals surface area (Å²) in [4.78, 5) is 17.5. The van der Waals surface area contributed by atoms with Gasteiger partial charge in [0.2, 0.25) is 0 Å². The largest absolute Gasteiger partial charge is 0.422 e. The van der Waals surface area contributed by atoms with E-state index in [-0.39, 0.29) is 0 Å². The lowest BCUT2D eigenvalue weighted by Gasteiger charge is -2.07. The quantitative estimate of drug-likeness (QED) is 0.178. The molecule has 0 spiro atoms. The molecular formula is C25H16BrClN2O2S. The topological polar surface area (TPSA) is 48.0 Å². The van der Waals surface area contributed by atoms with Crippen LogP contribution in [0.25, 0.3) is 27.9 Å². The highest BCUT2D eigenvalue weighted by Gasteiger charge is 2.16. The number of aromatic nitrogens is 2. The van der Waals surface area contributed by atoms with Crippen LogP contribution in [0.15, 0.2) is 104 Å². The molecule has 0 N–H and O–H groups in total. The van der Waals surface area contributed by atoms with Gasteiger partial charge in [-0.1, -0.05) is 69.6 Å². The number of benzene rings is 3. The van der Waals surface area contributed by atoms with E-state index in [2.05, 4.69) is 15.9 Å². The van der Waals surface area contributed by atoms with E-state index in [0.29, 0.717) is 21.9 Å². The van der Waals surface area contributed by atoms with Crippen molar-refractivity contribution < 1.29 is 4.42 Å². The van der Waals surface area contributed by atoms with Crippen LogP contribution in [-0.4, -0.2) is 9.55 Å². The van der Waals surface area contributed by atoms with Gasteiger partial charge in [0.25, 0.3) is 0 Å². The van der Waals surface area contributed by atoms with Crippen molar-refractivity contribution in [3.63, 3.8) is 0 Å². The van der Waals surface area contributed by atoms with Crippen LogP contribution < -0.4 is 5.63 Å². The first-order valence-corrected chi connectivity index (χ1v) is 12.0. The fraction of sp³-hybridized carbons (Fsp3) is 0.0400. The van der Waals surface area contributed by atoms with Crippen molar-refractivity contribution >= 4 is 50.3 Å². The van der Waals surface area contributed by atoms with Gasteiger partial charge in [0.05, 0.1) is 11.3 Å². The molecule has 2 aromatic heterocycles. The number of thioether (sulfide) groups is 1. The van der Waals surface area contributed by atoms with Gasteiger partial charge in [-0.25, -0.2) is 9.78 Å². The molecule has 2 heterocycles. The van der Waals surface area contributed by atoms with Crippen LogP contribution in [0.5, 0.6) is 0 Å². The van der Waals surface area contributed by atoms with Crippen LogP contribution in [0, 0.1) is 0 Å². The molecule has 5 rings (SSSR count). The molecule has 0 unspecified atom stereocenters.